The van der Waals surface area contributed by atoms with Crippen molar-refractivity contribution in [3.63, 3.8) is 0 Å². The molecule has 3 heterocycles. The van der Waals surface area contributed by atoms with Gasteiger partial charge in [0, 0.05) is 49.2 Å². The summed E-state index contributed by atoms with van der Waals surface area (Å²) in [7, 11) is 0. The Morgan fingerprint density at radius 1 is 1.02 bits per heavy atom. The maximum Gasteiger partial charge on any atom is 0.257 e. The number of fused-ring (bicyclic) bond motifs is 2. The van der Waals surface area contributed by atoms with Gasteiger partial charge >= 0.3 is 0 Å². The summed E-state index contributed by atoms with van der Waals surface area (Å²) in [6, 6.07) is 19.8. The molecule has 1 aromatic heterocycles. The number of anilines is 1. The maximum atomic E-state index is 12.6. The zero-order valence-corrected chi connectivity index (χ0v) is 24.3. The lowest BCUT2D eigenvalue weighted by atomic mass is 9.65. The Hall–Kier alpha value is -3.10. The summed E-state index contributed by atoms with van der Waals surface area (Å²) in [5.74, 6) is -0.199. The molecule has 0 spiro atoms. The number of aliphatic hydroxyl groups is 1. The van der Waals surface area contributed by atoms with Gasteiger partial charge in [0.25, 0.3) is 5.91 Å². The quantitative estimate of drug-likeness (QED) is 0.357. The van der Waals surface area contributed by atoms with Crippen molar-refractivity contribution >= 4 is 11.6 Å². The first kappa shape index (κ1) is 28.0. The first-order valence-corrected chi connectivity index (χ1v) is 14.7. The lowest BCUT2D eigenvalue weighted by Crippen LogP contribution is -2.42. The van der Waals surface area contributed by atoms with E-state index in [9.17, 15) is 9.90 Å². The van der Waals surface area contributed by atoms with E-state index in [1.54, 1.807) is 24.5 Å². The first-order valence-electron chi connectivity index (χ1n) is 14.7. The van der Waals surface area contributed by atoms with Gasteiger partial charge in [0.05, 0.1) is 24.4 Å². The van der Waals surface area contributed by atoms with Gasteiger partial charge in [-0.2, -0.15) is 0 Å². The highest BCUT2D eigenvalue weighted by molar-refractivity contribution is 6.04. The summed E-state index contributed by atoms with van der Waals surface area (Å²) in [4.78, 5) is 19.3. The van der Waals surface area contributed by atoms with Gasteiger partial charge in [-0.15, -0.1) is 0 Å². The smallest absolute Gasteiger partial charge is 0.257 e. The number of hydrogen-bond acceptors (Lipinski definition) is 6. The van der Waals surface area contributed by atoms with Crippen LogP contribution in [0, 0.1) is 10.8 Å². The van der Waals surface area contributed by atoms with Gasteiger partial charge in [-0.1, -0.05) is 57.2 Å². The molecule has 2 aromatic carbocycles. The molecule has 5 atom stereocenters. The van der Waals surface area contributed by atoms with Crippen LogP contribution in [0.2, 0.25) is 0 Å². The summed E-state index contributed by atoms with van der Waals surface area (Å²) >= 11 is 0. The molecule has 6 rings (SSSR count). The first-order chi connectivity index (χ1) is 19.7. The van der Waals surface area contributed by atoms with E-state index in [0.29, 0.717) is 28.1 Å². The molecule has 41 heavy (non-hydrogen) atoms. The van der Waals surface area contributed by atoms with Crippen molar-refractivity contribution in [2.24, 2.45) is 10.8 Å². The van der Waals surface area contributed by atoms with E-state index in [-0.39, 0.29) is 24.7 Å². The lowest BCUT2D eigenvalue weighted by molar-refractivity contribution is -0.253. The fraction of sp³-hybridized carbons (Fsp3) is 0.471. The van der Waals surface area contributed by atoms with E-state index in [1.165, 1.54) is 19.3 Å². The van der Waals surface area contributed by atoms with Crippen molar-refractivity contribution in [2.75, 3.05) is 18.4 Å². The van der Waals surface area contributed by atoms with Gasteiger partial charge in [0.2, 0.25) is 0 Å². The minimum Gasteiger partial charge on any atom is -0.392 e. The average Bonchev–Trinajstić information content (AvgIpc) is 3.20. The van der Waals surface area contributed by atoms with Crippen LogP contribution in [0.5, 0.6) is 0 Å². The molecule has 0 radical (unpaired) electrons. The highest BCUT2D eigenvalue weighted by Gasteiger charge is 2.50. The molecule has 1 aliphatic carbocycles. The van der Waals surface area contributed by atoms with Crippen LogP contribution in [-0.2, 0) is 16.1 Å². The third kappa shape index (κ3) is 6.38. The number of pyridine rings is 1. The minimum absolute atomic E-state index is 0.0206. The van der Waals surface area contributed by atoms with E-state index in [1.807, 2.05) is 36.4 Å². The molecular weight excluding hydrogens is 514 g/mol. The highest BCUT2D eigenvalue weighted by atomic mass is 16.7. The minimum atomic E-state index is -0.520. The normalized spacial score (nSPS) is 29.3. The Bertz CT molecular complexity index is 1340. The summed E-state index contributed by atoms with van der Waals surface area (Å²) < 4.78 is 13.2. The number of carbonyl (C=O) groups excluding carboxylic acids is 1. The number of aromatic nitrogens is 1. The third-order valence-electron chi connectivity index (χ3n) is 8.94. The number of ether oxygens (including phenoxy) is 2. The zero-order chi connectivity index (χ0) is 28.6. The van der Waals surface area contributed by atoms with E-state index in [0.717, 1.165) is 36.2 Å². The molecule has 216 valence electrons. The number of nitrogens with one attached hydrogen (secondary N) is 1. The number of likely N-dealkylation sites (tertiary alicyclic amines) is 1. The summed E-state index contributed by atoms with van der Waals surface area (Å²) in [5.41, 5.74) is 4.85. The van der Waals surface area contributed by atoms with Gasteiger partial charge in [-0.05, 0) is 65.5 Å². The second-order valence-corrected chi connectivity index (χ2v) is 13.3. The Balaban J connectivity index is 1.19. The number of carbonyl (C=O) groups is 1. The number of hydrogen-bond donors (Lipinski definition) is 2. The van der Waals surface area contributed by atoms with E-state index in [4.69, 9.17) is 9.47 Å². The Labute approximate surface area is 242 Å². The topological polar surface area (TPSA) is 83.9 Å². The van der Waals surface area contributed by atoms with Crippen molar-refractivity contribution in [2.45, 2.75) is 77.6 Å². The van der Waals surface area contributed by atoms with Crippen LogP contribution in [0.4, 0.5) is 5.69 Å². The van der Waals surface area contributed by atoms with Gasteiger partial charge < -0.3 is 19.9 Å². The Morgan fingerprint density at radius 3 is 2.49 bits per heavy atom. The fourth-order valence-electron chi connectivity index (χ4n) is 7.51. The second-order valence-electron chi connectivity index (χ2n) is 13.3. The van der Waals surface area contributed by atoms with Gasteiger partial charge in [0.15, 0.2) is 6.29 Å². The SMILES string of the molecule is CC1(C)CC2CC(C)(CN2CC2CC(c3ccc(CO)cc3)OC(c3ccc(NC(=O)c4cccnc4)cc3)O2)C1. The van der Waals surface area contributed by atoms with E-state index >= 15 is 0 Å². The molecule has 3 aromatic rings. The average molecular weight is 556 g/mol. The van der Waals surface area contributed by atoms with Crippen molar-refractivity contribution in [1.29, 1.82) is 0 Å². The van der Waals surface area contributed by atoms with Crippen LogP contribution < -0.4 is 5.32 Å². The lowest BCUT2D eigenvalue weighted by Gasteiger charge is -2.41. The number of rotatable bonds is 7. The molecule has 3 fully saturated rings. The number of benzene rings is 2. The molecule has 7 nitrogen and oxygen atoms in total. The van der Waals surface area contributed by atoms with Crippen LogP contribution >= 0.6 is 0 Å². The second kappa shape index (κ2) is 11.3. The zero-order valence-electron chi connectivity index (χ0n) is 24.3. The van der Waals surface area contributed by atoms with Gasteiger partial charge in [-0.3, -0.25) is 14.7 Å². The third-order valence-corrected chi connectivity index (χ3v) is 8.94. The number of nitrogens with zero attached hydrogens (tertiary/aromatic N) is 2. The molecule has 2 bridgehead atoms. The van der Waals surface area contributed by atoms with Crippen molar-refractivity contribution in [3.05, 3.63) is 95.3 Å². The van der Waals surface area contributed by atoms with Crippen LogP contribution in [0.15, 0.2) is 73.1 Å². The molecule has 3 aliphatic rings. The van der Waals surface area contributed by atoms with E-state index in [2.05, 4.69) is 48.1 Å². The van der Waals surface area contributed by atoms with Crippen LogP contribution in [0.1, 0.15) is 85.9 Å². The van der Waals surface area contributed by atoms with Crippen LogP contribution in [0.25, 0.3) is 0 Å². The fourth-order valence-corrected chi connectivity index (χ4v) is 7.51. The summed E-state index contributed by atoms with van der Waals surface area (Å²) in [6.45, 7) is 9.31. The number of amides is 1. The predicted octanol–water partition coefficient (Wildman–Crippen LogP) is 6.27. The Morgan fingerprint density at radius 2 is 1.78 bits per heavy atom. The molecular formula is C34H41N3O4. The molecule has 5 unspecified atom stereocenters. The largest absolute Gasteiger partial charge is 0.392 e. The van der Waals surface area contributed by atoms with Crippen molar-refractivity contribution in [1.82, 2.24) is 9.88 Å². The maximum absolute atomic E-state index is 12.6. The van der Waals surface area contributed by atoms with Gasteiger partial charge in [-0.25, -0.2) is 0 Å². The standard InChI is InChI=1S/C34H41N3O4/c1-33(2)16-28-17-34(3,21-33)22-37(28)19-29-15-30(24-8-6-23(20-38)7-9-24)41-32(40-29)25-10-12-27(13-11-25)36-31(39)26-5-4-14-35-18-26/h4-14,18,28-30,32,38H,15-17,19-22H2,1-3H3,(H,36,39). The van der Waals surface area contributed by atoms with Crippen molar-refractivity contribution < 1.29 is 19.4 Å². The molecule has 7 heteroatoms. The molecule has 2 aliphatic heterocycles. The monoisotopic (exact) mass is 555 g/mol. The molecule has 2 N–H and O–H groups in total. The molecule has 1 amide bonds. The predicted molar refractivity (Wildman–Crippen MR) is 158 cm³/mol. The van der Waals surface area contributed by atoms with Crippen molar-refractivity contribution in [3.8, 4) is 0 Å². The molecule has 2 saturated heterocycles. The Kier molecular flexibility index (Phi) is 7.72. The van der Waals surface area contributed by atoms with Gasteiger partial charge in [0.1, 0.15) is 0 Å². The molecule has 1 saturated carbocycles. The van der Waals surface area contributed by atoms with Crippen LogP contribution in [-0.4, -0.2) is 46.1 Å². The van der Waals surface area contributed by atoms with E-state index < -0.39 is 6.29 Å². The summed E-state index contributed by atoms with van der Waals surface area (Å²) in [5, 5.41) is 12.5. The number of aliphatic hydroxyl groups excluding tert-OH is 1. The highest BCUT2D eigenvalue weighted by Crippen LogP contribution is 2.53. The van der Waals surface area contributed by atoms with Crippen LogP contribution in [0.3, 0.4) is 0 Å². The summed E-state index contributed by atoms with van der Waals surface area (Å²) in [6.07, 6.45) is 7.12.